The van der Waals surface area contributed by atoms with Crippen LogP contribution in [-0.2, 0) is 4.74 Å². The van der Waals surface area contributed by atoms with Gasteiger partial charge in [0.05, 0.1) is 17.9 Å². The maximum absolute atomic E-state index is 12.7. The van der Waals surface area contributed by atoms with E-state index in [0.29, 0.717) is 36.7 Å². The maximum Gasteiger partial charge on any atom is 0.273 e. The number of ether oxygens (including phenoxy) is 1. The Bertz CT molecular complexity index is 1000. The molecule has 0 amide bonds. The van der Waals surface area contributed by atoms with Gasteiger partial charge in [0, 0.05) is 36.7 Å². The Kier molecular flexibility index (Phi) is 10.2. The Morgan fingerprint density at radius 1 is 1.32 bits per heavy atom. The van der Waals surface area contributed by atoms with Crippen LogP contribution in [0.25, 0.3) is 11.3 Å². The second-order valence-electron chi connectivity index (χ2n) is 6.81. The topological polar surface area (TPSA) is 79.0 Å². The number of hydrogen-bond acceptors (Lipinski definition) is 5. The monoisotopic (exact) mass is 420 g/mol. The lowest BCUT2D eigenvalue weighted by atomic mass is 10.1. The fraction of sp³-hybridized carbons (Fsp3) is 0.280. The smallest absolute Gasteiger partial charge is 0.273 e. The summed E-state index contributed by atoms with van der Waals surface area (Å²) in [5.74, 6) is 0. The Morgan fingerprint density at radius 2 is 2.13 bits per heavy atom. The van der Waals surface area contributed by atoms with Gasteiger partial charge in [0.2, 0.25) is 0 Å². The summed E-state index contributed by atoms with van der Waals surface area (Å²) < 4.78 is 5.36. The molecule has 0 saturated carbocycles. The molecule has 0 unspecified atom stereocenters. The van der Waals surface area contributed by atoms with Crippen LogP contribution in [-0.4, -0.2) is 36.5 Å². The molecule has 0 radical (unpaired) electrons. The third-order valence-electron chi connectivity index (χ3n) is 4.53. The van der Waals surface area contributed by atoms with E-state index < -0.39 is 0 Å². The van der Waals surface area contributed by atoms with Gasteiger partial charge in [-0.2, -0.15) is 5.10 Å². The van der Waals surface area contributed by atoms with Crippen LogP contribution in [0.15, 0.2) is 72.1 Å². The first-order chi connectivity index (χ1) is 15.1. The third kappa shape index (κ3) is 7.51. The van der Waals surface area contributed by atoms with Crippen LogP contribution in [0.3, 0.4) is 0 Å². The van der Waals surface area contributed by atoms with E-state index in [0.717, 1.165) is 23.4 Å². The van der Waals surface area contributed by atoms with E-state index in [4.69, 9.17) is 4.74 Å². The second kappa shape index (κ2) is 13.2. The number of nitrogens with one attached hydrogen (secondary N) is 3. The van der Waals surface area contributed by atoms with Gasteiger partial charge >= 0.3 is 0 Å². The molecular formula is C25H32N4O2. The molecule has 1 aromatic heterocycles. The van der Waals surface area contributed by atoms with E-state index in [1.54, 1.807) is 12.1 Å². The molecule has 2 aromatic rings. The fourth-order valence-electron chi connectivity index (χ4n) is 2.94. The molecule has 0 saturated heterocycles. The van der Waals surface area contributed by atoms with Crippen LogP contribution in [0.4, 0.5) is 5.69 Å². The van der Waals surface area contributed by atoms with Gasteiger partial charge < -0.3 is 15.4 Å². The van der Waals surface area contributed by atoms with Gasteiger partial charge in [0.25, 0.3) is 5.56 Å². The number of H-pyrrole nitrogens is 1. The van der Waals surface area contributed by atoms with E-state index in [9.17, 15) is 4.79 Å². The molecule has 31 heavy (non-hydrogen) atoms. The van der Waals surface area contributed by atoms with Crippen molar-refractivity contribution in [2.45, 2.75) is 20.8 Å². The molecule has 6 nitrogen and oxygen atoms in total. The fourth-order valence-corrected chi connectivity index (χ4v) is 2.94. The van der Waals surface area contributed by atoms with Crippen molar-refractivity contribution in [2.75, 3.05) is 31.6 Å². The van der Waals surface area contributed by atoms with Crippen LogP contribution >= 0.6 is 0 Å². The number of rotatable bonds is 12. The van der Waals surface area contributed by atoms with Gasteiger partial charge in [-0.25, -0.2) is 5.10 Å². The van der Waals surface area contributed by atoms with Gasteiger partial charge in [-0.15, -0.1) is 0 Å². The number of hydrogen-bond donors (Lipinski definition) is 3. The minimum atomic E-state index is -0.260. The lowest BCUT2D eigenvalue weighted by Crippen LogP contribution is -2.22. The lowest BCUT2D eigenvalue weighted by Gasteiger charge is -2.14. The molecule has 6 heteroatoms. The number of aromatic nitrogens is 2. The first-order valence-electron chi connectivity index (χ1n) is 10.5. The largest absolute Gasteiger partial charge is 0.380 e. The summed E-state index contributed by atoms with van der Waals surface area (Å²) in [5.41, 5.74) is 4.51. The van der Waals surface area contributed by atoms with E-state index in [1.807, 2.05) is 69.3 Å². The first-order valence-corrected chi connectivity index (χ1v) is 10.5. The number of aromatic amines is 1. The first kappa shape index (κ1) is 24.1. The summed E-state index contributed by atoms with van der Waals surface area (Å²) in [4.78, 5) is 12.7. The molecule has 0 aliphatic rings. The second-order valence-corrected chi connectivity index (χ2v) is 6.81. The molecular weight excluding hydrogens is 388 g/mol. The highest BCUT2D eigenvalue weighted by Gasteiger charge is 2.12. The van der Waals surface area contributed by atoms with Gasteiger partial charge in [-0.05, 0) is 44.5 Å². The Hall–Kier alpha value is -3.22. The number of benzene rings is 1. The minimum absolute atomic E-state index is 0.260. The molecule has 0 spiro atoms. The third-order valence-corrected chi connectivity index (χ3v) is 4.53. The summed E-state index contributed by atoms with van der Waals surface area (Å²) in [7, 11) is 0. The standard InChI is InChI=1S/C25H32N4O2/c1-5-10-20(11-6-2)24-18-21(25(30)29-28-24)23(14-15-26-16-17-31-7-3)27-22-13-9-8-12-19(22)4/h5-6,8-14,18,26-27H,1,7,15-17H2,2-4H3,(H,29,30)/b11-6-,20-10+,23-14+. The van der Waals surface area contributed by atoms with E-state index in [2.05, 4.69) is 27.4 Å². The van der Waals surface area contributed by atoms with Gasteiger partial charge in [-0.1, -0.05) is 49.1 Å². The molecule has 0 aliphatic heterocycles. The van der Waals surface area contributed by atoms with Crippen molar-refractivity contribution < 1.29 is 4.74 Å². The summed E-state index contributed by atoms with van der Waals surface area (Å²) >= 11 is 0. The zero-order chi connectivity index (χ0) is 22.5. The normalized spacial score (nSPS) is 12.4. The molecule has 3 N–H and O–H groups in total. The average Bonchev–Trinajstić information content (AvgIpc) is 2.77. The van der Waals surface area contributed by atoms with Crippen LogP contribution in [0.1, 0.15) is 30.7 Å². The summed E-state index contributed by atoms with van der Waals surface area (Å²) in [5, 5.41) is 13.6. The Balaban J connectivity index is 2.41. The summed E-state index contributed by atoms with van der Waals surface area (Å²) in [6.07, 6.45) is 9.38. The number of anilines is 1. The molecule has 0 atom stereocenters. The maximum atomic E-state index is 12.7. The van der Waals surface area contributed by atoms with Crippen LogP contribution in [0.2, 0.25) is 0 Å². The van der Waals surface area contributed by atoms with Gasteiger partial charge in [0.1, 0.15) is 0 Å². The highest BCUT2D eigenvalue weighted by molar-refractivity contribution is 5.80. The molecule has 0 bridgehead atoms. The van der Waals surface area contributed by atoms with Crippen molar-refractivity contribution in [3.05, 3.63) is 94.5 Å². The van der Waals surface area contributed by atoms with Gasteiger partial charge in [-0.3, -0.25) is 4.79 Å². The molecule has 2 rings (SSSR count). The zero-order valence-electron chi connectivity index (χ0n) is 18.6. The predicted molar refractivity (Wildman–Crippen MR) is 130 cm³/mol. The Labute approximate surface area is 184 Å². The van der Waals surface area contributed by atoms with Gasteiger partial charge in [0.15, 0.2) is 0 Å². The quantitative estimate of drug-likeness (QED) is 0.352. The van der Waals surface area contributed by atoms with E-state index in [-0.39, 0.29) is 5.56 Å². The number of para-hydroxylation sites is 1. The van der Waals surface area contributed by atoms with Crippen LogP contribution < -0.4 is 16.2 Å². The van der Waals surface area contributed by atoms with Crippen LogP contribution in [0.5, 0.6) is 0 Å². The molecule has 1 heterocycles. The summed E-state index contributed by atoms with van der Waals surface area (Å²) in [6.45, 7) is 12.4. The molecule has 0 aliphatic carbocycles. The van der Waals surface area contributed by atoms with Crippen molar-refractivity contribution in [1.82, 2.24) is 15.5 Å². The van der Waals surface area contributed by atoms with Crippen LogP contribution in [0, 0.1) is 6.92 Å². The van der Waals surface area contributed by atoms with Crippen molar-refractivity contribution in [2.24, 2.45) is 0 Å². The predicted octanol–water partition coefficient (Wildman–Crippen LogP) is 4.30. The van der Waals surface area contributed by atoms with E-state index in [1.165, 1.54) is 0 Å². The zero-order valence-corrected chi connectivity index (χ0v) is 18.6. The molecule has 164 valence electrons. The SMILES string of the molecule is C=C/C=C(\C=C/C)c1cc(/C(=C\CNCCOCC)Nc2ccccc2C)c(=O)[nH]n1. The van der Waals surface area contributed by atoms with Crippen molar-refractivity contribution in [1.29, 1.82) is 0 Å². The highest BCUT2D eigenvalue weighted by atomic mass is 16.5. The van der Waals surface area contributed by atoms with Crippen molar-refractivity contribution in [3.63, 3.8) is 0 Å². The van der Waals surface area contributed by atoms with Crippen molar-refractivity contribution in [3.8, 4) is 0 Å². The summed E-state index contributed by atoms with van der Waals surface area (Å²) in [6, 6.07) is 9.77. The molecule has 1 aromatic carbocycles. The Morgan fingerprint density at radius 3 is 2.84 bits per heavy atom. The molecule has 0 fully saturated rings. The van der Waals surface area contributed by atoms with E-state index >= 15 is 0 Å². The average molecular weight is 421 g/mol. The number of allylic oxidation sites excluding steroid dienone is 5. The number of aryl methyl sites for hydroxylation is 1. The van der Waals surface area contributed by atoms with Crippen molar-refractivity contribution >= 4 is 17.0 Å². The lowest BCUT2D eigenvalue weighted by molar-refractivity contribution is 0.150. The minimum Gasteiger partial charge on any atom is -0.380 e. The highest BCUT2D eigenvalue weighted by Crippen LogP contribution is 2.21. The number of nitrogens with zero attached hydrogens (tertiary/aromatic N) is 1.